The van der Waals surface area contributed by atoms with Crippen molar-refractivity contribution in [1.82, 2.24) is 0 Å². The molecular weight excluding hydrogens is 437 g/mol. The zero-order valence-corrected chi connectivity index (χ0v) is 16.4. The van der Waals surface area contributed by atoms with Gasteiger partial charge in [-0.05, 0) is 30.3 Å². The Morgan fingerprint density at radius 2 is 1.86 bits per heavy atom. The van der Waals surface area contributed by atoms with Gasteiger partial charge in [0.05, 0.1) is 23.2 Å². The van der Waals surface area contributed by atoms with E-state index in [2.05, 4.69) is 5.32 Å². The zero-order valence-electron chi connectivity index (χ0n) is 14.8. The molecule has 0 spiro atoms. The van der Waals surface area contributed by atoms with Crippen LogP contribution in [0.1, 0.15) is 5.56 Å². The van der Waals surface area contributed by atoms with Crippen LogP contribution in [0.15, 0.2) is 36.4 Å². The second-order valence-electron chi connectivity index (χ2n) is 6.04. The summed E-state index contributed by atoms with van der Waals surface area (Å²) < 4.78 is 75.0. The Bertz CT molecular complexity index is 1060. The first-order valence-electron chi connectivity index (χ1n) is 7.99. The molecule has 0 radical (unpaired) electrons. The van der Waals surface area contributed by atoms with Crippen molar-refractivity contribution in [1.29, 1.82) is 0 Å². The van der Waals surface area contributed by atoms with Gasteiger partial charge in [-0.2, -0.15) is 13.2 Å². The van der Waals surface area contributed by atoms with E-state index in [-0.39, 0.29) is 23.3 Å². The Hall–Kier alpha value is -2.66. The van der Waals surface area contributed by atoms with Crippen LogP contribution in [0.25, 0.3) is 0 Å². The molecule has 0 saturated heterocycles. The summed E-state index contributed by atoms with van der Waals surface area (Å²) in [5, 5.41) is 1.93. The largest absolute Gasteiger partial charge is 0.454 e. The number of anilines is 2. The van der Waals surface area contributed by atoms with E-state index in [9.17, 15) is 26.4 Å². The monoisotopic (exact) mass is 450 g/mol. The van der Waals surface area contributed by atoms with Gasteiger partial charge in [0.2, 0.25) is 22.7 Å². The van der Waals surface area contributed by atoms with Gasteiger partial charge >= 0.3 is 6.18 Å². The van der Waals surface area contributed by atoms with E-state index >= 15 is 0 Å². The summed E-state index contributed by atoms with van der Waals surface area (Å²) in [5.41, 5.74) is -1.59. The minimum absolute atomic E-state index is 0.0328. The highest BCUT2D eigenvalue weighted by Crippen LogP contribution is 2.37. The lowest BCUT2D eigenvalue weighted by molar-refractivity contribution is -0.137. The first kappa shape index (κ1) is 21.1. The molecule has 1 amide bonds. The van der Waals surface area contributed by atoms with Crippen molar-refractivity contribution >= 4 is 38.9 Å². The fraction of sp³-hybridized carbons (Fsp3) is 0.235. The van der Waals surface area contributed by atoms with E-state index in [0.717, 1.165) is 16.6 Å². The summed E-state index contributed by atoms with van der Waals surface area (Å²) in [7, 11) is -3.94. The Morgan fingerprint density at radius 3 is 2.52 bits per heavy atom. The number of hydrogen-bond donors (Lipinski definition) is 1. The molecule has 29 heavy (non-hydrogen) atoms. The predicted octanol–water partition coefficient (Wildman–Crippen LogP) is 3.49. The number of fused-ring (bicyclic) bond motifs is 1. The summed E-state index contributed by atoms with van der Waals surface area (Å²) in [5.74, 6) is -0.280. The van der Waals surface area contributed by atoms with Crippen molar-refractivity contribution in [2.45, 2.75) is 6.18 Å². The normalized spacial score (nSPS) is 13.3. The fourth-order valence-electron chi connectivity index (χ4n) is 2.62. The average molecular weight is 451 g/mol. The van der Waals surface area contributed by atoms with Crippen LogP contribution in [-0.2, 0) is 21.0 Å². The van der Waals surface area contributed by atoms with E-state index in [1.807, 2.05) is 0 Å². The summed E-state index contributed by atoms with van der Waals surface area (Å²) in [4.78, 5) is 12.4. The molecule has 3 rings (SSSR count). The molecule has 2 aromatic carbocycles. The number of carbonyl (C=O) groups excluding carboxylic acids is 1. The van der Waals surface area contributed by atoms with Crippen LogP contribution in [-0.4, -0.2) is 33.9 Å². The lowest BCUT2D eigenvalue weighted by Crippen LogP contribution is -2.37. The molecule has 1 aliphatic rings. The molecule has 0 bridgehead atoms. The number of nitrogens with one attached hydrogen (secondary N) is 1. The topological polar surface area (TPSA) is 84.9 Å². The molecule has 7 nitrogen and oxygen atoms in total. The van der Waals surface area contributed by atoms with E-state index in [4.69, 9.17) is 21.1 Å². The second kappa shape index (κ2) is 7.64. The van der Waals surface area contributed by atoms with Crippen LogP contribution in [0.5, 0.6) is 11.5 Å². The minimum Gasteiger partial charge on any atom is -0.454 e. The van der Waals surface area contributed by atoms with Crippen molar-refractivity contribution < 1.29 is 35.9 Å². The highest BCUT2D eigenvalue weighted by molar-refractivity contribution is 7.92. The molecule has 12 heteroatoms. The SMILES string of the molecule is CS(=O)(=O)N(CC(=O)Nc1ccc(Cl)cc1C(F)(F)F)c1ccc2c(c1)OCO2. The summed E-state index contributed by atoms with van der Waals surface area (Å²) >= 11 is 5.61. The van der Waals surface area contributed by atoms with Crippen LogP contribution in [0.3, 0.4) is 0 Å². The van der Waals surface area contributed by atoms with Crippen molar-refractivity contribution in [3.05, 3.63) is 47.0 Å². The number of rotatable bonds is 5. The van der Waals surface area contributed by atoms with Gasteiger partial charge in [0, 0.05) is 11.1 Å². The lowest BCUT2D eigenvalue weighted by atomic mass is 10.1. The number of hydrogen-bond acceptors (Lipinski definition) is 5. The fourth-order valence-corrected chi connectivity index (χ4v) is 3.64. The van der Waals surface area contributed by atoms with Gasteiger partial charge in [0.25, 0.3) is 0 Å². The molecule has 0 saturated carbocycles. The molecule has 0 aromatic heterocycles. The maximum atomic E-state index is 13.2. The maximum absolute atomic E-state index is 13.2. The van der Waals surface area contributed by atoms with Crippen LogP contribution in [0, 0.1) is 0 Å². The van der Waals surface area contributed by atoms with Gasteiger partial charge in [-0.1, -0.05) is 11.6 Å². The maximum Gasteiger partial charge on any atom is 0.418 e. The first-order chi connectivity index (χ1) is 13.4. The Balaban J connectivity index is 1.86. The van der Waals surface area contributed by atoms with Crippen LogP contribution < -0.4 is 19.1 Å². The Kier molecular flexibility index (Phi) is 5.54. The standard InChI is InChI=1S/C17H14ClF3N2O5S/c1-29(25,26)23(11-3-5-14-15(7-11)28-9-27-14)8-16(24)22-13-4-2-10(18)6-12(13)17(19,20)21/h2-7H,8-9H2,1H3,(H,22,24). The van der Waals surface area contributed by atoms with Crippen LogP contribution >= 0.6 is 11.6 Å². The predicted molar refractivity (Wildman–Crippen MR) is 99.8 cm³/mol. The number of benzene rings is 2. The quantitative estimate of drug-likeness (QED) is 0.753. The van der Waals surface area contributed by atoms with Gasteiger partial charge < -0.3 is 14.8 Å². The van der Waals surface area contributed by atoms with Gasteiger partial charge in [-0.25, -0.2) is 8.42 Å². The molecule has 1 aliphatic heterocycles. The first-order valence-corrected chi connectivity index (χ1v) is 10.2. The van der Waals surface area contributed by atoms with Gasteiger partial charge in [0.1, 0.15) is 6.54 Å². The average Bonchev–Trinajstić information content (AvgIpc) is 3.07. The van der Waals surface area contributed by atoms with Crippen molar-refractivity contribution in [3.8, 4) is 11.5 Å². The molecule has 156 valence electrons. The third-order valence-electron chi connectivity index (χ3n) is 3.89. The van der Waals surface area contributed by atoms with Crippen molar-refractivity contribution in [3.63, 3.8) is 0 Å². The van der Waals surface area contributed by atoms with Gasteiger partial charge in [-0.3, -0.25) is 9.10 Å². The third-order valence-corrected chi connectivity index (χ3v) is 5.27. The van der Waals surface area contributed by atoms with Crippen molar-refractivity contribution in [2.75, 3.05) is 29.2 Å². The van der Waals surface area contributed by atoms with E-state index in [0.29, 0.717) is 11.8 Å². The van der Waals surface area contributed by atoms with E-state index in [1.54, 1.807) is 0 Å². The number of amides is 1. The van der Waals surface area contributed by atoms with Crippen LogP contribution in [0.2, 0.25) is 5.02 Å². The molecule has 1 heterocycles. The number of carbonyl (C=O) groups is 1. The number of alkyl halides is 3. The molecule has 0 aliphatic carbocycles. The Morgan fingerprint density at radius 1 is 1.17 bits per heavy atom. The highest BCUT2D eigenvalue weighted by Gasteiger charge is 2.34. The van der Waals surface area contributed by atoms with Crippen molar-refractivity contribution in [2.24, 2.45) is 0 Å². The Labute approximate surface area is 169 Å². The molecule has 0 atom stereocenters. The summed E-state index contributed by atoms with van der Waals surface area (Å²) in [6, 6.07) is 7.07. The second-order valence-corrected chi connectivity index (χ2v) is 8.39. The zero-order chi connectivity index (χ0) is 21.4. The van der Waals surface area contributed by atoms with Gasteiger partial charge in [0.15, 0.2) is 11.5 Å². The number of nitrogens with zero attached hydrogens (tertiary/aromatic N) is 1. The molecule has 0 unspecified atom stereocenters. The minimum atomic E-state index is -4.76. The summed E-state index contributed by atoms with van der Waals surface area (Å²) in [6.45, 7) is -0.784. The third kappa shape index (κ3) is 4.85. The number of halogens is 4. The smallest absolute Gasteiger partial charge is 0.418 e. The highest BCUT2D eigenvalue weighted by atomic mass is 35.5. The molecule has 0 fully saturated rings. The number of ether oxygens (including phenoxy) is 2. The molecule has 2 aromatic rings. The molecule has 1 N–H and O–H groups in total. The van der Waals surface area contributed by atoms with Crippen LogP contribution in [0.4, 0.5) is 24.5 Å². The summed E-state index contributed by atoms with van der Waals surface area (Å²) in [6.07, 6.45) is -3.89. The molecular formula is C17H14ClF3N2O5S. The van der Waals surface area contributed by atoms with E-state index in [1.165, 1.54) is 24.3 Å². The lowest BCUT2D eigenvalue weighted by Gasteiger charge is -2.22. The van der Waals surface area contributed by atoms with Gasteiger partial charge in [-0.15, -0.1) is 0 Å². The van der Waals surface area contributed by atoms with E-state index < -0.39 is 39.9 Å². The number of sulfonamides is 1.